The number of halogens is 1. The number of carbonyl (C=O) groups excluding carboxylic acids is 1. The Morgan fingerprint density at radius 3 is 2.62 bits per heavy atom. The summed E-state index contributed by atoms with van der Waals surface area (Å²) in [6, 6.07) is 12.9. The van der Waals surface area contributed by atoms with Crippen LogP contribution in [0, 0.1) is 6.92 Å². The normalized spacial score (nSPS) is 14.0. The molecule has 0 spiro atoms. The highest BCUT2D eigenvalue weighted by atomic mass is 35.5. The second kappa shape index (κ2) is 8.06. The molecule has 0 aromatic heterocycles. The fourth-order valence-corrected chi connectivity index (χ4v) is 2.93. The minimum atomic E-state index is -0.169. The average molecular weight is 347 g/mol. The summed E-state index contributed by atoms with van der Waals surface area (Å²) >= 11 is 0. The van der Waals surface area contributed by atoms with Crippen molar-refractivity contribution in [3.8, 4) is 5.75 Å². The molecule has 24 heavy (non-hydrogen) atoms. The van der Waals surface area contributed by atoms with Crippen LogP contribution in [0.4, 0.5) is 11.4 Å². The molecule has 0 heterocycles. The van der Waals surface area contributed by atoms with Crippen molar-refractivity contribution in [1.29, 1.82) is 0 Å². The van der Waals surface area contributed by atoms with Crippen LogP contribution in [0.15, 0.2) is 42.5 Å². The lowest BCUT2D eigenvalue weighted by atomic mass is 10.1. The van der Waals surface area contributed by atoms with E-state index in [1.165, 1.54) is 12.8 Å². The van der Waals surface area contributed by atoms with Gasteiger partial charge in [-0.1, -0.05) is 18.2 Å². The lowest BCUT2D eigenvalue weighted by Gasteiger charge is -2.17. The number of ether oxygens (including phenoxy) is 1. The third kappa shape index (κ3) is 4.20. The molecule has 0 atom stereocenters. The lowest BCUT2D eigenvalue weighted by molar-refractivity contribution is 0.102. The Hall–Kier alpha value is -2.20. The molecule has 0 aliphatic heterocycles. The summed E-state index contributed by atoms with van der Waals surface area (Å²) in [7, 11) is 0. The number of amides is 1. The summed E-state index contributed by atoms with van der Waals surface area (Å²) in [5.74, 6) is 0.562. The molecular weight excluding hydrogens is 324 g/mol. The van der Waals surface area contributed by atoms with Gasteiger partial charge in [0.2, 0.25) is 0 Å². The first-order valence-electron chi connectivity index (χ1n) is 8.06. The Kier molecular flexibility index (Phi) is 6.10. The molecule has 128 valence electrons. The number of hydrogen-bond acceptors (Lipinski definition) is 3. The van der Waals surface area contributed by atoms with Crippen LogP contribution in [-0.4, -0.2) is 12.0 Å². The van der Waals surface area contributed by atoms with Gasteiger partial charge in [0.1, 0.15) is 5.75 Å². The van der Waals surface area contributed by atoms with Gasteiger partial charge in [0.25, 0.3) is 5.91 Å². The number of hydrogen-bond donors (Lipinski definition) is 2. The van der Waals surface area contributed by atoms with E-state index < -0.39 is 0 Å². The summed E-state index contributed by atoms with van der Waals surface area (Å²) < 4.78 is 6.06. The largest absolute Gasteiger partial charge is 0.488 e. The van der Waals surface area contributed by atoms with Crippen molar-refractivity contribution in [2.75, 3.05) is 11.1 Å². The molecule has 2 aromatic carbocycles. The van der Waals surface area contributed by atoms with E-state index in [1.54, 1.807) is 12.1 Å². The quantitative estimate of drug-likeness (QED) is 0.797. The van der Waals surface area contributed by atoms with Crippen molar-refractivity contribution in [3.05, 3.63) is 53.6 Å². The van der Waals surface area contributed by atoms with Crippen LogP contribution in [-0.2, 0) is 0 Å². The number of nitrogens with one attached hydrogen (secondary N) is 1. The molecule has 1 aliphatic rings. The fourth-order valence-electron chi connectivity index (χ4n) is 2.93. The standard InChI is InChI=1S/C19H22N2O2.ClH/c1-13-10-11-14(20)12-16(13)19(22)21-17-8-4-5-9-18(17)23-15-6-2-3-7-15;/h4-5,8-12,15H,2-3,6-7,20H2,1H3,(H,21,22);1H. The van der Waals surface area contributed by atoms with Crippen LogP contribution >= 0.6 is 12.4 Å². The minimum Gasteiger partial charge on any atom is -0.488 e. The smallest absolute Gasteiger partial charge is 0.256 e. The Labute approximate surface area is 148 Å². The van der Waals surface area contributed by atoms with E-state index in [0.717, 1.165) is 24.2 Å². The monoisotopic (exact) mass is 346 g/mol. The molecule has 5 heteroatoms. The number of anilines is 2. The molecule has 0 radical (unpaired) electrons. The van der Waals surface area contributed by atoms with E-state index in [1.807, 2.05) is 37.3 Å². The first kappa shape index (κ1) is 18.1. The highest BCUT2D eigenvalue weighted by molar-refractivity contribution is 6.06. The molecule has 1 aliphatic carbocycles. The molecule has 1 saturated carbocycles. The molecule has 0 bridgehead atoms. The van der Waals surface area contributed by atoms with E-state index in [2.05, 4.69) is 5.32 Å². The van der Waals surface area contributed by atoms with Crippen LogP contribution in [0.2, 0.25) is 0 Å². The molecular formula is C19H23ClN2O2. The SMILES string of the molecule is Cc1ccc(N)cc1C(=O)Nc1ccccc1OC1CCCC1.Cl. The zero-order chi connectivity index (χ0) is 16.2. The summed E-state index contributed by atoms with van der Waals surface area (Å²) in [6.07, 6.45) is 4.83. The predicted molar refractivity (Wildman–Crippen MR) is 100 cm³/mol. The Balaban J connectivity index is 0.00000208. The predicted octanol–water partition coefficient (Wildman–Crippen LogP) is 4.57. The van der Waals surface area contributed by atoms with Crippen molar-refractivity contribution >= 4 is 29.7 Å². The third-order valence-corrected chi connectivity index (χ3v) is 4.24. The Bertz CT molecular complexity index is 712. The number of para-hydroxylation sites is 2. The number of rotatable bonds is 4. The van der Waals surface area contributed by atoms with E-state index in [-0.39, 0.29) is 24.4 Å². The molecule has 0 unspecified atom stereocenters. The van der Waals surface area contributed by atoms with E-state index in [0.29, 0.717) is 16.9 Å². The van der Waals surface area contributed by atoms with Gasteiger partial charge in [-0.3, -0.25) is 4.79 Å². The van der Waals surface area contributed by atoms with Crippen molar-refractivity contribution in [2.24, 2.45) is 0 Å². The maximum absolute atomic E-state index is 12.6. The number of nitrogen functional groups attached to an aromatic ring is 1. The maximum atomic E-state index is 12.6. The minimum absolute atomic E-state index is 0. The zero-order valence-corrected chi connectivity index (χ0v) is 14.6. The summed E-state index contributed by atoms with van der Waals surface area (Å²) in [5, 5.41) is 2.95. The highest BCUT2D eigenvalue weighted by Gasteiger charge is 2.19. The van der Waals surface area contributed by atoms with Crippen molar-refractivity contribution < 1.29 is 9.53 Å². The molecule has 1 amide bonds. The van der Waals surface area contributed by atoms with Crippen LogP contribution in [0.5, 0.6) is 5.75 Å². The summed E-state index contributed by atoms with van der Waals surface area (Å²) in [6.45, 7) is 1.90. The van der Waals surface area contributed by atoms with E-state index in [9.17, 15) is 4.79 Å². The van der Waals surface area contributed by atoms with E-state index >= 15 is 0 Å². The molecule has 4 nitrogen and oxygen atoms in total. The first-order chi connectivity index (χ1) is 11.1. The van der Waals surface area contributed by atoms with Gasteiger partial charge in [-0.15, -0.1) is 12.4 Å². The van der Waals surface area contributed by atoms with Gasteiger partial charge in [0.15, 0.2) is 0 Å². The van der Waals surface area contributed by atoms with Gasteiger partial charge in [0, 0.05) is 11.3 Å². The van der Waals surface area contributed by atoms with Crippen LogP contribution in [0.3, 0.4) is 0 Å². The van der Waals surface area contributed by atoms with Gasteiger partial charge < -0.3 is 15.8 Å². The first-order valence-corrected chi connectivity index (χ1v) is 8.06. The Morgan fingerprint density at radius 2 is 1.88 bits per heavy atom. The van der Waals surface area contributed by atoms with Crippen LogP contribution < -0.4 is 15.8 Å². The fraction of sp³-hybridized carbons (Fsp3) is 0.316. The second-order valence-electron chi connectivity index (χ2n) is 6.05. The number of carbonyl (C=O) groups is 1. The lowest BCUT2D eigenvalue weighted by Crippen LogP contribution is -2.16. The average Bonchev–Trinajstić information content (AvgIpc) is 3.04. The van der Waals surface area contributed by atoms with Crippen molar-refractivity contribution in [1.82, 2.24) is 0 Å². The summed E-state index contributed by atoms with van der Waals surface area (Å²) in [4.78, 5) is 12.6. The second-order valence-corrected chi connectivity index (χ2v) is 6.05. The van der Waals surface area contributed by atoms with Crippen molar-refractivity contribution in [2.45, 2.75) is 38.7 Å². The Morgan fingerprint density at radius 1 is 1.17 bits per heavy atom. The molecule has 0 saturated heterocycles. The van der Waals surface area contributed by atoms with Crippen LogP contribution in [0.1, 0.15) is 41.6 Å². The number of benzene rings is 2. The third-order valence-electron chi connectivity index (χ3n) is 4.24. The van der Waals surface area contributed by atoms with Gasteiger partial charge in [-0.2, -0.15) is 0 Å². The summed E-state index contributed by atoms with van der Waals surface area (Å²) in [5.41, 5.74) is 8.55. The highest BCUT2D eigenvalue weighted by Crippen LogP contribution is 2.30. The molecule has 1 fully saturated rings. The van der Waals surface area contributed by atoms with Gasteiger partial charge in [0.05, 0.1) is 11.8 Å². The van der Waals surface area contributed by atoms with Crippen molar-refractivity contribution in [3.63, 3.8) is 0 Å². The number of nitrogens with two attached hydrogens (primary N) is 1. The molecule has 3 rings (SSSR count). The van der Waals surface area contributed by atoms with Gasteiger partial charge in [-0.05, 0) is 62.4 Å². The van der Waals surface area contributed by atoms with Gasteiger partial charge >= 0.3 is 0 Å². The number of aryl methyl sites for hydroxylation is 1. The molecule has 2 aromatic rings. The molecule has 3 N–H and O–H groups in total. The van der Waals surface area contributed by atoms with E-state index in [4.69, 9.17) is 10.5 Å². The van der Waals surface area contributed by atoms with Crippen LogP contribution in [0.25, 0.3) is 0 Å². The topological polar surface area (TPSA) is 64.4 Å². The van der Waals surface area contributed by atoms with Gasteiger partial charge in [-0.25, -0.2) is 0 Å². The maximum Gasteiger partial charge on any atom is 0.256 e. The zero-order valence-electron chi connectivity index (χ0n) is 13.7.